The molecule has 1 aromatic carbocycles. The van der Waals surface area contributed by atoms with Gasteiger partial charge in [-0.15, -0.1) is 4.40 Å². The van der Waals surface area contributed by atoms with Gasteiger partial charge in [0.15, 0.2) is 5.84 Å². The predicted octanol–water partition coefficient (Wildman–Crippen LogP) is 2.50. The van der Waals surface area contributed by atoms with Crippen molar-refractivity contribution in [2.24, 2.45) is 4.40 Å². The molecule has 0 unspecified atom stereocenters. The van der Waals surface area contributed by atoms with Crippen molar-refractivity contribution >= 4 is 27.1 Å². The lowest BCUT2D eigenvalue weighted by Crippen LogP contribution is -2.22. The van der Waals surface area contributed by atoms with Crippen LogP contribution in [0.1, 0.15) is 5.56 Å². The van der Waals surface area contributed by atoms with Gasteiger partial charge in [0.1, 0.15) is 4.90 Å². The molecule has 1 aliphatic heterocycles. The molecule has 6 heteroatoms. The van der Waals surface area contributed by atoms with E-state index in [1.54, 1.807) is 24.3 Å². The van der Waals surface area contributed by atoms with Crippen molar-refractivity contribution in [3.8, 4) is 0 Å². The van der Waals surface area contributed by atoms with Crippen LogP contribution in [0, 0.1) is 0 Å². The standard InChI is InChI=1S/C15H11N3O2S/c19-21(20)14-7-2-1-5-12(14)16-15(17-21)11-8-10-18-9-4-3-6-13(11)18/h1-10H,(H,16,17). The van der Waals surface area contributed by atoms with E-state index in [-0.39, 0.29) is 4.90 Å². The van der Waals surface area contributed by atoms with Crippen LogP contribution in [0.5, 0.6) is 0 Å². The van der Waals surface area contributed by atoms with Gasteiger partial charge in [-0.25, -0.2) is 0 Å². The summed E-state index contributed by atoms with van der Waals surface area (Å²) in [4.78, 5) is 0.206. The Morgan fingerprint density at radius 1 is 0.952 bits per heavy atom. The zero-order valence-corrected chi connectivity index (χ0v) is 11.7. The molecule has 4 rings (SSSR count). The topological polar surface area (TPSA) is 62.9 Å². The highest BCUT2D eigenvalue weighted by atomic mass is 32.2. The highest BCUT2D eigenvalue weighted by molar-refractivity contribution is 7.90. The number of hydrogen-bond donors (Lipinski definition) is 1. The summed E-state index contributed by atoms with van der Waals surface area (Å²) in [5.74, 6) is 0.349. The van der Waals surface area contributed by atoms with Gasteiger partial charge >= 0.3 is 0 Å². The molecule has 1 N–H and O–H groups in total. The van der Waals surface area contributed by atoms with Gasteiger partial charge in [-0.1, -0.05) is 18.2 Å². The van der Waals surface area contributed by atoms with Crippen LogP contribution in [-0.2, 0) is 10.0 Å². The third-order valence-electron chi connectivity index (χ3n) is 3.45. The Labute approximate surface area is 121 Å². The van der Waals surface area contributed by atoms with Crippen LogP contribution < -0.4 is 5.32 Å². The number of para-hydroxylation sites is 1. The second kappa shape index (κ2) is 4.20. The molecule has 0 spiro atoms. The molecule has 0 atom stereocenters. The van der Waals surface area contributed by atoms with Gasteiger partial charge in [0, 0.05) is 18.0 Å². The summed E-state index contributed by atoms with van der Waals surface area (Å²) in [5.41, 5.74) is 2.21. The zero-order chi connectivity index (χ0) is 14.4. The maximum atomic E-state index is 12.3. The number of pyridine rings is 1. The SMILES string of the molecule is O=S1(=O)N=C(c2ccn3ccccc23)Nc2ccccc21. The number of fused-ring (bicyclic) bond motifs is 2. The summed E-state index contributed by atoms with van der Waals surface area (Å²) in [5, 5.41) is 3.10. The molecule has 2 aromatic heterocycles. The van der Waals surface area contributed by atoms with Crippen LogP contribution in [0.15, 0.2) is 70.2 Å². The van der Waals surface area contributed by atoms with E-state index in [1.165, 1.54) is 0 Å². The Balaban J connectivity index is 1.94. The lowest BCUT2D eigenvalue weighted by atomic mass is 10.2. The number of anilines is 1. The first-order valence-electron chi connectivity index (χ1n) is 6.42. The molecule has 21 heavy (non-hydrogen) atoms. The van der Waals surface area contributed by atoms with Crippen molar-refractivity contribution in [2.45, 2.75) is 4.90 Å². The molecule has 3 aromatic rings. The molecule has 3 heterocycles. The first-order valence-corrected chi connectivity index (χ1v) is 7.86. The van der Waals surface area contributed by atoms with Gasteiger partial charge in [0.2, 0.25) is 0 Å². The Morgan fingerprint density at radius 2 is 1.76 bits per heavy atom. The summed E-state index contributed by atoms with van der Waals surface area (Å²) in [6.07, 6.45) is 3.78. The number of hydrogen-bond acceptors (Lipinski definition) is 3. The van der Waals surface area contributed by atoms with E-state index in [9.17, 15) is 8.42 Å². The smallest absolute Gasteiger partial charge is 0.286 e. The molecule has 104 valence electrons. The molecule has 0 fully saturated rings. The number of benzene rings is 1. The zero-order valence-electron chi connectivity index (χ0n) is 10.9. The largest absolute Gasteiger partial charge is 0.338 e. The monoisotopic (exact) mass is 297 g/mol. The minimum Gasteiger partial charge on any atom is -0.338 e. The quantitative estimate of drug-likeness (QED) is 0.750. The van der Waals surface area contributed by atoms with Gasteiger partial charge < -0.3 is 9.72 Å². The minimum absolute atomic E-state index is 0.206. The van der Waals surface area contributed by atoms with Crippen molar-refractivity contribution in [3.63, 3.8) is 0 Å². The van der Waals surface area contributed by atoms with Crippen molar-refractivity contribution < 1.29 is 8.42 Å². The number of aromatic nitrogens is 1. The number of nitrogens with one attached hydrogen (secondary N) is 1. The first kappa shape index (κ1) is 12.2. The van der Waals surface area contributed by atoms with Crippen molar-refractivity contribution in [3.05, 3.63) is 66.5 Å². The van der Waals surface area contributed by atoms with Gasteiger partial charge in [-0.3, -0.25) is 0 Å². The summed E-state index contributed by atoms with van der Waals surface area (Å²) in [7, 11) is -3.67. The van der Waals surface area contributed by atoms with Gasteiger partial charge in [-0.05, 0) is 30.3 Å². The average Bonchev–Trinajstić information content (AvgIpc) is 2.90. The van der Waals surface area contributed by atoms with E-state index in [1.807, 2.05) is 41.1 Å². The number of amidine groups is 1. The van der Waals surface area contributed by atoms with Crippen molar-refractivity contribution in [2.75, 3.05) is 5.32 Å². The highest BCUT2D eigenvalue weighted by Crippen LogP contribution is 2.29. The maximum absolute atomic E-state index is 12.3. The van der Waals surface area contributed by atoms with E-state index < -0.39 is 10.0 Å². The summed E-state index contributed by atoms with van der Waals surface area (Å²) in [6, 6.07) is 14.4. The second-order valence-electron chi connectivity index (χ2n) is 4.76. The van der Waals surface area contributed by atoms with E-state index in [0.29, 0.717) is 11.5 Å². The number of nitrogens with zero attached hydrogens (tertiary/aromatic N) is 2. The number of rotatable bonds is 1. The van der Waals surface area contributed by atoms with E-state index in [0.717, 1.165) is 11.1 Å². The van der Waals surface area contributed by atoms with Crippen LogP contribution in [0.3, 0.4) is 0 Å². The Kier molecular flexibility index (Phi) is 2.43. The molecule has 0 saturated carbocycles. The van der Waals surface area contributed by atoms with Gasteiger partial charge in [-0.2, -0.15) is 8.42 Å². The van der Waals surface area contributed by atoms with Crippen molar-refractivity contribution in [1.29, 1.82) is 0 Å². The summed E-state index contributed by atoms with van der Waals surface area (Å²) in [6.45, 7) is 0. The third-order valence-corrected chi connectivity index (χ3v) is 4.79. The maximum Gasteiger partial charge on any atom is 0.286 e. The highest BCUT2D eigenvalue weighted by Gasteiger charge is 2.25. The summed E-state index contributed by atoms with van der Waals surface area (Å²) >= 11 is 0. The normalized spacial score (nSPS) is 16.1. The average molecular weight is 297 g/mol. The third kappa shape index (κ3) is 1.84. The van der Waals surface area contributed by atoms with E-state index in [2.05, 4.69) is 9.71 Å². The van der Waals surface area contributed by atoms with Gasteiger partial charge in [0.25, 0.3) is 10.0 Å². The fourth-order valence-electron chi connectivity index (χ4n) is 2.49. The fraction of sp³-hybridized carbons (Fsp3) is 0. The lowest BCUT2D eigenvalue weighted by Gasteiger charge is -2.17. The van der Waals surface area contributed by atoms with E-state index in [4.69, 9.17) is 0 Å². The summed E-state index contributed by atoms with van der Waals surface area (Å²) < 4.78 is 30.4. The van der Waals surface area contributed by atoms with Gasteiger partial charge in [0.05, 0.1) is 11.2 Å². The molecular formula is C15H11N3O2S. The number of sulfonamides is 1. The molecule has 0 aliphatic carbocycles. The van der Waals surface area contributed by atoms with Crippen LogP contribution in [0.4, 0.5) is 5.69 Å². The Bertz CT molecular complexity index is 987. The molecule has 0 amide bonds. The van der Waals surface area contributed by atoms with Crippen LogP contribution in [0.25, 0.3) is 5.52 Å². The molecule has 0 saturated heterocycles. The predicted molar refractivity (Wildman–Crippen MR) is 81.2 cm³/mol. The van der Waals surface area contributed by atoms with E-state index >= 15 is 0 Å². The molecule has 5 nitrogen and oxygen atoms in total. The van der Waals surface area contributed by atoms with Crippen LogP contribution >= 0.6 is 0 Å². The Hall–Kier alpha value is -2.60. The lowest BCUT2D eigenvalue weighted by molar-refractivity contribution is 0.598. The molecule has 1 aliphatic rings. The minimum atomic E-state index is -3.67. The molecular weight excluding hydrogens is 286 g/mol. The molecule has 0 bridgehead atoms. The van der Waals surface area contributed by atoms with Crippen LogP contribution in [0.2, 0.25) is 0 Å². The van der Waals surface area contributed by atoms with Crippen LogP contribution in [-0.4, -0.2) is 18.7 Å². The molecule has 0 radical (unpaired) electrons. The van der Waals surface area contributed by atoms with Crippen molar-refractivity contribution in [1.82, 2.24) is 4.40 Å². The second-order valence-corrected chi connectivity index (χ2v) is 6.33. The Morgan fingerprint density at radius 3 is 2.67 bits per heavy atom. The first-order chi connectivity index (χ1) is 10.1. The fourth-order valence-corrected chi connectivity index (χ4v) is 3.62.